The van der Waals surface area contributed by atoms with Crippen LogP contribution >= 0.6 is 15.9 Å². The van der Waals surface area contributed by atoms with Gasteiger partial charge in [-0.25, -0.2) is 4.98 Å². The molecule has 5 heteroatoms. The maximum atomic E-state index is 11.2. The Morgan fingerprint density at radius 1 is 1.56 bits per heavy atom. The number of halogens is 1. The first-order chi connectivity index (χ1) is 7.67. The van der Waals surface area contributed by atoms with Crippen LogP contribution in [0.1, 0.15) is 13.3 Å². The van der Waals surface area contributed by atoms with E-state index in [2.05, 4.69) is 32.6 Å². The average molecular weight is 287 g/mol. The molecule has 0 amide bonds. The van der Waals surface area contributed by atoms with Crippen LogP contribution < -0.4 is 4.90 Å². The Morgan fingerprint density at radius 2 is 2.31 bits per heavy atom. The number of rotatable bonds is 5. The van der Waals surface area contributed by atoms with E-state index in [4.69, 9.17) is 0 Å². The minimum Gasteiger partial charge on any atom is -0.468 e. The van der Waals surface area contributed by atoms with Crippen LogP contribution in [0.2, 0.25) is 0 Å². The lowest BCUT2D eigenvalue weighted by Gasteiger charge is -2.21. The molecule has 0 aliphatic carbocycles. The highest BCUT2D eigenvalue weighted by Crippen LogP contribution is 2.14. The van der Waals surface area contributed by atoms with E-state index < -0.39 is 0 Å². The number of hydrogen-bond acceptors (Lipinski definition) is 4. The predicted molar refractivity (Wildman–Crippen MR) is 66.5 cm³/mol. The van der Waals surface area contributed by atoms with Gasteiger partial charge >= 0.3 is 5.97 Å². The van der Waals surface area contributed by atoms with E-state index in [-0.39, 0.29) is 12.5 Å². The Kier molecular flexibility index (Phi) is 5.25. The highest BCUT2D eigenvalue weighted by Gasteiger charge is 2.11. The highest BCUT2D eigenvalue weighted by atomic mass is 79.9. The summed E-state index contributed by atoms with van der Waals surface area (Å²) in [5.74, 6) is 0.536. The predicted octanol–water partition coefficient (Wildman–Crippen LogP) is 2.23. The number of methoxy groups -OCH3 is 1. The molecule has 0 aliphatic rings. The molecule has 1 heterocycles. The van der Waals surface area contributed by atoms with E-state index in [1.807, 2.05) is 17.0 Å². The van der Waals surface area contributed by atoms with E-state index in [0.717, 1.165) is 23.3 Å². The molecule has 0 aromatic carbocycles. The molecule has 0 fully saturated rings. The van der Waals surface area contributed by atoms with Gasteiger partial charge in [0, 0.05) is 17.2 Å². The molecule has 0 saturated heterocycles. The van der Waals surface area contributed by atoms with Crippen LogP contribution in [-0.2, 0) is 9.53 Å². The first-order valence-corrected chi connectivity index (χ1v) is 5.90. The minimum atomic E-state index is -0.252. The monoisotopic (exact) mass is 286 g/mol. The quantitative estimate of drug-likeness (QED) is 0.779. The lowest BCUT2D eigenvalue weighted by molar-refractivity contribution is -0.138. The van der Waals surface area contributed by atoms with Crippen molar-refractivity contribution in [2.75, 3.05) is 25.1 Å². The molecular formula is C11H15BrN2O2. The van der Waals surface area contributed by atoms with Gasteiger partial charge in [-0.05, 0) is 34.5 Å². The van der Waals surface area contributed by atoms with E-state index in [9.17, 15) is 4.79 Å². The van der Waals surface area contributed by atoms with Crippen molar-refractivity contribution >= 4 is 27.7 Å². The van der Waals surface area contributed by atoms with Gasteiger partial charge in [0.1, 0.15) is 12.4 Å². The van der Waals surface area contributed by atoms with Crippen molar-refractivity contribution < 1.29 is 9.53 Å². The fraction of sp³-hybridized carbons (Fsp3) is 0.455. The molecule has 1 aromatic rings. The van der Waals surface area contributed by atoms with Gasteiger partial charge < -0.3 is 9.64 Å². The third kappa shape index (κ3) is 3.81. The van der Waals surface area contributed by atoms with Gasteiger partial charge in [-0.1, -0.05) is 6.92 Å². The molecule has 1 rings (SSSR count). The Hall–Kier alpha value is -1.10. The van der Waals surface area contributed by atoms with Crippen molar-refractivity contribution in [3.05, 3.63) is 22.8 Å². The molecular weight excluding hydrogens is 272 g/mol. The van der Waals surface area contributed by atoms with Gasteiger partial charge in [-0.15, -0.1) is 0 Å². The number of anilines is 1. The molecule has 0 spiro atoms. The molecule has 88 valence electrons. The maximum Gasteiger partial charge on any atom is 0.325 e. The summed E-state index contributed by atoms with van der Waals surface area (Å²) in [6, 6.07) is 3.78. The summed E-state index contributed by atoms with van der Waals surface area (Å²) in [7, 11) is 1.39. The average Bonchev–Trinajstić information content (AvgIpc) is 2.29. The molecule has 0 N–H and O–H groups in total. The fourth-order valence-corrected chi connectivity index (χ4v) is 1.55. The molecule has 16 heavy (non-hydrogen) atoms. The van der Waals surface area contributed by atoms with Crippen molar-refractivity contribution in [3.63, 3.8) is 0 Å². The largest absolute Gasteiger partial charge is 0.468 e. The third-order valence-electron chi connectivity index (χ3n) is 2.08. The third-order valence-corrected chi connectivity index (χ3v) is 2.55. The fourth-order valence-electron chi connectivity index (χ4n) is 1.32. The van der Waals surface area contributed by atoms with Crippen molar-refractivity contribution in [2.24, 2.45) is 0 Å². The van der Waals surface area contributed by atoms with Crippen LogP contribution in [0.15, 0.2) is 22.8 Å². The SMILES string of the molecule is CCCN(CC(=O)OC)c1ccc(Br)cn1. The van der Waals surface area contributed by atoms with Crippen molar-refractivity contribution in [1.29, 1.82) is 0 Å². The Balaban J connectivity index is 2.76. The molecule has 0 radical (unpaired) electrons. The zero-order chi connectivity index (χ0) is 12.0. The number of carbonyl (C=O) groups excluding carboxylic acids is 1. The standard InChI is InChI=1S/C11H15BrN2O2/c1-3-6-14(8-11(15)16-2)10-5-4-9(12)7-13-10/h4-5,7H,3,6,8H2,1-2H3. The van der Waals surface area contributed by atoms with Crippen LogP contribution in [0.25, 0.3) is 0 Å². The first-order valence-electron chi connectivity index (χ1n) is 5.10. The lowest BCUT2D eigenvalue weighted by atomic mass is 10.3. The van der Waals surface area contributed by atoms with Crippen LogP contribution in [0.3, 0.4) is 0 Å². The van der Waals surface area contributed by atoms with Crippen LogP contribution in [0.5, 0.6) is 0 Å². The van der Waals surface area contributed by atoms with Gasteiger partial charge in [0.25, 0.3) is 0 Å². The number of ether oxygens (including phenoxy) is 1. The molecule has 4 nitrogen and oxygen atoms in total. The molecule has 0 atom stereocenters. The van der Waals surface area contributed by atoms with Crippen LogP contribution in [-0.4, -0.2) is 31.2 Å². The second-order valence-electron chi connectivity index (χ2n) is 3.33. The molecule has 0 saturated carbocycles. The number of aromatic nitrogens is 1. The van der Waals surface area contributed by atoms with Gasteiger partial charge in [-0.3, -0.25) is 4.79 Å². The molecule has 0 aliphatic heterocycles. The second kappa shape index (κ2) is 6.48. The lowest BCUT2D eigenvalue weighted by Crippen LogP contribution is -2.31. The maximum absolute atomic E-state index is 11.2. The Bertz CT molecular complexity index is 340. The summed E-state index contributed by atoms with van der Waals surface area (Å²) in [5, 5.41) is 0. The van der Waals surface area contributed by atoms with E-state index in [1.54, 1.807) is 6.20 Å². The van der Waals surface area contributed by atoms with E-state index in [0.29, 0.717) is 0 Å². The molecule has 0 unspecified atom stereocenters. The number of carbonyl (C=O) groups is 1. The van der Waals surface area contributed by atoms with Crippen LogP contribution in [0, 0.1) is 0 Å². The van der Waals surface area contributed by atoms with Crippen molar-refractivity contribution in [2.45, 2.75) is 13.3 Å². The van der Waals surface area contributed by atoms with Gasteiger partial charge in [0.05, 0.1) is 7.11 Å². The summed E-state index contributed by atoms with van der Waals surface area (Å²) in [5.41, 5.74) is 0. The second-order valence-corrected chi connectivity index (χ2v) is 4.25. The van der Waals surface area contributed by atoms with E-state index >= 15 is 0 Å². The van der Waals surface area contributed by atoms with Gasteiger partial charge in [0.15, 0.2) is 0 Å². The molecule has 1 aromatic heterocycles. The summed E-state index contributed by atoms with van der Waals surface area (Å²) in [6.07, 6.45) is 2.67. The molecule has 0 bridgehead atoms. The van der Waals surface area contributed by atoms with Gasteiger partial charge in [0.2, 0.25) is 0 Å². The van der Waals surface area contributed by atoms with E-state index in [1.165, 1.54) is 7.11 Å². The summed E-state index contributed by atoms with van der Waals surface area (Å²) >= 11 is 3.33. The Labute approximate surface area is 104 Å². The number of pyridine rings is 1. The Morgan fingerprint density at radius 3 is 2.81 bits per heavy atom. The first kappa shape index (κ1) is 13.0. The van der Waals surface area contributed by atoms with Crippen LogP contribution in [0.4, 0.5) is 5.82 Å². The number of nitrogens with zero attached hydrogens (tertiary/aromatic N) is 2. The normalized spacial score (nSPS) is 9.94. The number of esters is 1. The van der Waals surface area contributed by atoms with Gasteiger partial charge in [-0.2, -0.15) is 0 Å². The minimum absolute atomic E-state index is 0.235. The zero-order valence-electron chi connectivity index (χ0n) is 9.44. The smallest absolute Gasteiger partial charge is 0.325 e. The van der Waals surface area contributed by atoms with Crippen molar-refractivity contribution in [1.82, 2.24) is 4.98 Å². The summed E-state index contributed by atoms with van der Waals surface area (Å²) in [4.78, 5) is 17.4. The number of hydrogen-bond donors (Lipinski definition) is 0. The summed E-state index contributed by atoms with van der Waals surface area (Å²) in [6.45, 7) is 3.08. The van der Waals surface area contributed by atoms with Crippen molar-refractivity contribution in [3.8, 4) is 0 Å². The highest BCUT2D eigenvalue weighted by molar-refractivity contribution is 9.10. The summed E-state index contributed by atoms with van der Waals surface area (Å²) < 4.78 is 5.58. The zero-order valence-corrected chi connectivity index (χ0v) is 11.0. The topological polar surface area (TPSA) is 42.4 Å².